The van der Waals surface area contributed by atoms with E-state index in [1.807, 2.05) is 6.07 Å². The number of fused-ring (bicyclic) bond motifs is 1. The predicted molar refractivity (Wildman–Crippen MR) is 127 cm³/mol. The van der Waals surface area contributed by atoms with Crippen LogP contribution >= 0.6 is 11.6 Å². The lowest BCUT2D eigenvalue weighted by Crippen LogP contribution is -2.43. The average molecular weight is 482 g/mol. The molecule has 0 saturated carbocycles. The Morgan fingerprint density at radius 1 is 1.12 bits per heavy atom. The molecule has 4 aromatic rings. The highest BCUT2D eigenvalue weighted by Gasteiger charge is 2.28. The van der Waals surface area contributed by atoms with E-state index in [0.717, 1.165) is 42.0 Å². The Bertz CT molecular complexity index is 1340. The standard InChI is InChI=1S/C25H22ClF2N5O/c26-21-12-20(28)8-5-17(21)14-30-25(34)18-2-1-10-32(15-18)24-23-13-22(31-33(23)11-9-29-24)16-3-6-19(27)7-4-16/h3-9,11-13,18H,1-2,10,14-15H2,(H,30,34)/t18-/m0/s1. The van der Waals surface area contributed by atoms with Crippen LogP contribution in [0.15, 0.2) is 60.9 Å². The van der Waals surface area contributed by atoms with Crippen LogP contribution in [-0.2, 0) is 11.3 Å². The van der Waals surface area contributed by atoms with Crippen LogP contribution < -0.4 is 10.2 Å². The number of piperidine rings is 1. The summed E-state index contributed by atoms with van der Waals surface area (Å²) in [5.74, 6) is -0.240. The Labute approximate surface area is 200 Å². The second-order valence-electron chi connectivity index (χ2n) is 8.36. The van der Waals surface area contributed by atoms with Gasteiger partial charge in [-0.2, -0.15) is 5.10 Å². The van der Waals surface area contributed by atoms with Gasteiger partial charge in [0.15, 0.2) is 5.82 Å². The maximum atomic E-state index is 13.3. The van der Waals surface area contributed by atoms with E-state index in [9.17, 15) is 13.6 Å². The summed E-state index contributed by atoms with van der Waals surface area (Å²) >= 11 is 6.08. The summed E-state index contributed by atoms with van der Waals surface area (Å²) in [7, 11) is 0. The van der Waals surface area contributed by atoms with Crippen molar-refractivity contribution in [2.75, 3.05) is 18.0 Å². The first-order valence-corrected chi connectivity index (χ1v) is 11.4. The number of amides is 1. The Morgan fingerprint density at radius 2 is 1.91 bits per heavy atom. The Hall–Kier alpha value is -3.52. The number of hydrogen-bond acceptors (Lipinski definition) is 4. The molecular formula is C25H22ClF2N5O. The number of carbonyl (C=O) groups is 1. The van der Waals surface area contributed by atoms with Gasteiger partial charge in [0, 0.05) is 42.6 Å². The molecule has 0 unspecified atom stereocenters. The van der Waals surface area contributed by atoms with Gasteiger partial charge in [0.25, 0.3) is 0 Å². The van der Waals surface area contributed by atoms with Gasteiger partial charge in [-0.1, -0.05) is 17.7 Å². The molecule has 34 heavy (non-hydrogen) atoms. The number of halogens is 3. The summed E-state index contributed by atoms with van der Waals surface area (Å²) in [4.78, 5) is 19.6. The smallest absolute Gasteiger partial charge is 0.225 e. The van der Waals surface area contributed by atoms with Crippen LogP contribution in [0.4, 0.5) is 14.6 Å². The van der Waals surface area contributed by atoms with Crippen LogP contribution in [0, 0.1) is 17.6 Å². The van der Waals surface area contributed by atoms with E-state index < -0.39 is 5.82 Å². The van der Waals surface area contributed by atoms with Gasteiger partial charge in [-0.05, 0) is 60.9 Å². The SMILES string of the molecule is O=C(NCc1ccc(F)cc1Cl)[C@H]1CCCN(c2nccn3nc(-c4ccc(F)cc4)cc23)C1. The average Bonchev–Trinajstić information content (AvgIpc) is 3.28. The molecule has 1 amide bonds. The first-order valence-electron chi connectivity index (χ1n) is 11.0. The lowest BCUT2D eigenvalue weighted by molar-refractivity contribution is -0.125. The van der Waals surface area contributed by atoms with Crippen molar-refractivity contribution >= 4 is 28.8 Å². The summed E-state index contributed by atoms with van der Waals surface area (Å²) in [6.45, 7) is 1.54. The van der Waals surface area contributed by atoms with Crippen molar-refractivity contribution in [2.45, 2.75) is 19.4 Å². The third kappa shape index (κ3) is 4.59. The molecule has 1 aliphatic rings. The molecule has 9 heteroatoms. The molecule has 1 fully saturated rings. The fourth-order valence-electron chi connectivity index (χ4n) is 4.29. The third-order valence-corrected chi connectivity index (χ3v) is 6.42. The minimum Gasteiger partial charge on any atom is -0.354 e. The van der Waals surface area contributed by atoms with Crippen molar-refractivity contribution in [2.24, 2.45) is 5.92 Å². The zero-order chi connectivity index (χ0) is 23.7. The maximum Gasteiger partial charge on any atom is 0.225 e. The van der Waals surface area contributed by atoms with Gasteiger partial charge in [-0.25, -0.2) is 18.3 Å². The monoisotopic (exact) mass is 481 g/mol. The lowest BCUT2D eigenvalue weighted by Gasteiger charge is -2.33. The first kappa shape index (κ1) is 22.3. The van der Waals surface area contributed by atoms with E-state index in [2.05, 4.69) is 20.3 Å². The quantitative estimate of drug-likeness (QED) is 0.442. The number of aromatic nitrogens is 3. The molecule has 174 valence electrons. The van der Waals surface area contributed by atoms with Gasteiger partial charge >= 0.3 is 0 Å². The molecule has 5 rings (SSSR count). The Balaban J connectivity index is 1.32. The van der Waals surface area contributed by atoms with Gasteiger partial charge in [-0.3, -0.25) is 4.79 Å². The highest BCUT2D eigenvalue weighted by atomic mass is 35.5. The largest absolute Gasteiger partial charge is 0.354 e. The van der Waals surface area contributed by atoms with Gasteiger partial charge in [0.1, 0.15) is 17.2 Å². The molecule has 0 spiro atoms. The van der Waals surface area contributed by atoms with Gasteiger partial charge in [0.05, 0.1) is 11.6 Å². The highest BCUT2D eigenvalue weighted by Crippen LogP contribution is 2.28. The van der Waals surface area contributed by atoms with Gasteiger partial charge in [0.2, 0.25) is 5.91 Å². The normalized spacial score (nSPS) is 16.1. The number of nitrogens with one attached hydrogen (secondary N) is 1. The predicted octanol–water partition coefficient (Wildman–Crippen LogP) is 4.86. The van der Waals surface area contributed by atoms with Crippen LogP contribution in [0.25, 0.3) is 16.8 Å². The Kier molecular flexibility index (Phi) is 6.15. The summed E-state index contributed by atoms with van der Waals surface area (Å²) in [6.07, 6.45) is 5.07. The first-order chi connectivity index (χ1) is 16.5. The molecule has 6 nitrogen and oxygen atoms in total. The molecule has 2 aromatic carbocycles. The van der Waals surface area contributed by atoms with E-state index in [1.54, 1.807) is 35.1 Å². The topological polar surface area (TPSA) is 62.5 Å². The van der Waals surface area contributed by atoms with E-state index in [1.165, 1.54) is 24.3 Å². The Morgan fingerprint density at radius 3 is 2.71 bits per heavy atom. The van der Waals surface area contributed by atoms with Crippen molar-refractivity contribution in [1.82, 2.24) is 19.9 Å². The molecule has 0 radical (unpaired) electrons. The molecule has 0 bridgehead atoms. The van der Waals surface area contributed by atoms with E-state index in [-0.39, 0.29) is 24.2 Å². The zero-order valence-electron chi connectivity index (χ0n) is 18.2. The number of rotatable bonds is 5. The second kappa shape index (κ2) is 9.38. The van der Waals surface area contributed by atoms with E-state index in [4.69, 9.17) is 11.6 Å². The van der Waals surface area contributed by atoms with Crippen LogP contribution in [0.1, 0.15) is 18.4 Å². The summed E-state index contributed by atoms with van der Waals surface area (Å²) in [5, 5.41) is 7.83. The van der Waals surface area contributed by atoms with Crippen molar-refractivity contribution in [1.29, 1.82) is 0 Å². The number of nitrogens with zero attached hydrogens (tertiary/aromatic N) is 4. The molecule has 1 saturated heterocycles. The fraction of sp³-hybridized carbons (Fsp3) is 0.240. The number of anilines is 1. The minimum atomic E-state index is -0.410. The molecular weight excluding hydrogens is 460 g/mol. The number of benzene rings is 2. The van der Waals surface area contributed by atoms with Crippen molar-refractivity contribution in [3.63, 3.8) is 0 Å². The molecule has 3 heterocycles. The van der Waals surface area contributed by atoms with Crippen LogP contribution in [0.2, 0.25) is 5.02 Å². The molecule has 1 N–H and O–H groups in total. The second-order valence-corrected chi connectivity index (χ2v) is 8.76. The van der Waals surface area contributed by atoms with E-state index >= 15 is 0 Å². The van der Waals surface area contributed by atoms with Crippen molar-refractivity contribution in [3.8, 4) is 11.3 Å². The zero-order valence-corrected chi connectivity index (χ0v) is 19.0. The summed E-state index contributed by atoms with van der Waals surface area (Å²) in [5.41, 5.74) is 3.02. The fourth-order valence-corrected chi connectivity index (χ4v) is 4.52. The molecule has 1 atom stereocenters. The molecule has 0 aliphatic carbocycles. The van der Waals surface area contributed by atoms with Crippen LogP contribution in [0.3, 0.4) is 0 Å². The number of carbonyl (C=O) groups excluding carboxylic acids is 1. The van der Waals surface area contributed by atoms with Crippen molar-refractivity contribution in [3.05, 3.63) is 83.1 Å². The molecule has 2 aromatic heterocycles. The third-order valence-electron chi connectivity index (χ3n) is 6.07. The highest BCUT2D eigenvalue weighted by molar-refractivity contribution is 6.31. The maximum absolute atomic E-state index is 13.3. The van der Waals surface area contributed by atoms with Crippen LogP contribution in [-0.4, -0.2) is 33.6 Å². The van der Waals surface area contributed by atoms with Gasteiger partial charge in [-0.15, -0.1) is 0 Å². The lowest BCUT2D eigenvalue weighted by atomic mass is 9.97. The van der Waals surface area contributed by atoms with Gasteiger partial charge < -0.3 is 10.2 Å². The van der Waals surface area contributed by atoms with Crippen molar-refractivity contribution < 1.29 is 13.6 Å². The minimum absolute atomic E-state index is 0.0717. The summed E-state index contributed by atoms with van der Waals surface area (Å²) < 4.78 is 28.3. The van der Waals surface area contributed by atoms with E-state index in [0.29, 0.717) is 17.1 Å². The van der Waals surface area contributed by atoms with Crippen LogP contribution in [0.5, 0.6) is 0 Å². The summed E-state index contributed by atoms with van der Waals surface area (Å²) in [6, 6.07) is 12.3. The number of hydrogen-bond donors (Lipinski definition) is 1. The molecule has 1 aliphatic heterocycles.